The van der Waals surface area contributed by atoms with E-state index in [0.717, 1.165) is 36.1 Å². The molecule has 1 N–H and O–H groups in total. The first-order valence-corrected chi connectivity index (χ1v) is 13.5. The standard InChI is InChI=1S/C31H38N2O6/c1-37-25-14-13-22(18-26(25)38-2)15-17-33-27-12-8-5-9-16-31(27,30(36)39-3)20-24(29(33)35)19-28(34)32-21-23-10-6-4-7-11-23/h4,6-7,10-14,18,24H,5,8-9,15-17,19-21H2,1-3H3,(H,32,34)/t24-,31+/m1/s1. The SMILES string of the molecule is COC(=O)[C@]12CCCCC=C1N(CCc1ccc(OC)c(OC)c1)C(=O)[C@H](CC(=O)NCc1ccccc1)C2. The zero-order valence-electron chi connectivity index (χ0n) is 23.0. The lowest BCUT2D eigenvalue weighted by Crippen LogP contribution is -2.53. The lowest BCUT2D eigenvalue weighted by atomic mass is 9.69. The van der Waals surface area contributed by atoms with Crippen molar-refractivity contribution in [1.82, 2.24) is 10.2 Å². The van der Waals surface area contributed by atoms with E-state index in [0.29, 0.717) is 37.4 Å². The van der Waals surface area contributed by atoms with Crippen LogP contribution in [-0.2, 0) is 32.1 Å². The summed E-state index contributed by atoms with van der Waals surface area (Å²) in [6.07, 6.45) is 6.03. The number of hydrogen-bond acceptors (Lipinski definition) is 6. The first-order chi connectivity index (χ1) is 18.9. The van der Waals surface area contributed by atoms with E-state index < -0.39 is 11.3 Å². The van der Waals surface area contributed by atoms with Gasteiger partial charge in [-0.15, -0.1) is 0 Å². The van der Waals surface area contributed by atoms with Crippen LogP contribution in [-0.4, -0.2) is 50.6 Å². The van der Waals surface area contributed by atoms with Gasteiger partial charge in [-0.2, -0.15) is 0 Å². The van der Waals surface area contributed by atoms with Crippen molar-refractivity contribution in [2.24, 2.45) is 11.3 Å². The van der Waals surface area contributed by atoms with Crippen LogP contribution in [0.2, 0.25) is 0 Å². The zero-order chi connectivity index (χ0) is 27.8. The molecule has 8 heteroatoms. The molecule has 2 amide bonds. The van der Waals surface area contributed by atoms with Gasteiger partial charge in [0, 0.05) is 31.1 Å². The molecule has 39 heavy (non-hydrogen) atoms. The molecule has 1 fully saturated rings. The third kappa shape index (κ3) is 6.27. The summed E-state index contributed by atoms with van der Waals surface area (Å²) in [5.41, 5.74) is 1.73. The van der Waals surface area contributed by atoms with Crippen LogP contribution in [0.4, 0.5) is 0 Å². The van der Waals surface area contributed by atoms with Crippen LogP contribution < -0.4 is 14.8 Å². The lowest BCUT2D eigenvalue weighted by molar-refractivity contribution is -0.159. The Bertz CT molecular complexity index is 1210. The number of likely N-dealkylation sites (tertiary alicyclic amines) is 1. The number of benzene rings is 2. The molecular weight excluding hydrogens is 496 g/mol. The van der Waals surface area contributed by atoms with Gasteiger partial charge in [-0.3, -0.25) is 14.4 Å². The first kappa shape index (κ1) is 28.2. The monoisotopic (exact) mass is 534 g/mol. The van der Waals surface area contributed by atoms with Gasteiger partial charge in [0.15, 0.2) is 11.5 Å². The number of amides is 2. The van der Waals surface area contributed by atoms with Crippen LogP contribution in [0.15, 0.2) is 60.3 Å². The van der Waals surface area contributed by atoms with E-state index in [4.69, 9.17) is 14.2 Å². The predicted octanol–water partition coefficient (Wildman–Crippen LogP) is 4.42. The number of rotatable bonds is 10. The summed E-state index contributed by atoms with van der Waals surface area (Å²) in [4.78, 5) is 42.0. The van der Waals surface area contributed by atoms with Crippen molar-refractivity contribution in [3.63, 3.8) is 0 Å². The van der Waals surface area contributed by atoms with Gasteiger partial charge in [0.25, 0.3) is 0 Å². The van der Waals surface area contributed by atoms with E-state index in [-0.39, 0.29) is 30.6 Å². The van der Waals surface area contributed by atoms with Gasteiger partial charge in [0.2, 0.25) is 11.8 Å². The van der Waals surface area contributed by atoms with Gasteiger partial charge in [0.1, 0.15) is 5.41 Å². The largest absolute Gasteiger partial charge is 0.493 e. The molecule has 2 atom stereocenters. The Morgan fingerprint density at radius 2 is 1.77 bits per heavy atom. The fraction of sp³-hybridized carbons (Fsp3) is 0.452. The minimum Gasteiger partial charge on any atom is -0.493 e. The molecule has 1 saturated heterocycles. The maximum atomic E-state index is 13.9. The highest BCUT2D eigenvalue weighted by atomic mass is 16.5. The van der Waals surface area contributed by atoms with E-state index >= 15 is 0 Å². The Labute approximate surface area is 230 Å². The summed E-state index contributed by atoms with van der Waals surface area (Å²) < 4.78 is 16.1. The van der Waals surface area contributed by atoms with Gasteiger partial charge in [-0.05, 0) is 55.4 Å². The average Bonchev–Trinajstić information content (AvgIpc) is 3.19. The van der Waals surface area contributed by atoms with Crippen molar-refractivity contribution in [3.8, 4) is 11.5 Å². The lowest BCUT2D eigenvalue weighted by Gasteiger charge is -2.46. The number of allylic oxidation sites excluding steroid dienone is 1. The molecule has 1 aliphatic heterocycles. The number of nitrogens with one attached hydrogen (secondary N) is 1. The Morgan fingerprint density at radius 3 is 2.49 bits per heavy atom. The molecule has 0 bridgehead atoms. The number of carbonyl (C=O) groups is 3. The van der Waals surface area contributed by atoms with Crippen molar-refractivity contribution in [3.05, 3.63) is 71.4 Å². The molecule has 2 aliphatic rings. The van der Waals surface area contributed by atoms with Crippen LogP contribution >= 0.6 is 0 Å². The molecule has 1 heterocycles. The highest BCUT2D eigenvalue weighted by molar-refractivity contribution is 5.92. The van der Waals surface area contributed by atoms with Crippen molar-refractivity contribution in [1.29, 1.82) is 0 Å². The number of piperidine rings is 1. The molecule has 0 unspecified atom stereocenters. The summed E-state index contributed by atoms with van der Waals surface area (Å²) in [5, 5.41) is 2.94. The second-order valence-electron chi connectivity index (χ2n) is 10.2. The van der Waals surface area contributed by atoms with Crippen LogP contribution in [0.3, 0.4) is 0 Å². The fourth-order valence-electron chi connectivity index (χ4n) is 5.80. The van der Waals surface area contributed by atoms with Crippen molar-refractivity contribution in [2.45, 2.75) is 51.5 Å². The topological polar surface area (TPSA) is 94.2 Å². The van der Waals surface area contributed by atoms with E-state index in [9.17, 15) is 14.4 Å². The summed E-state index contributed by atoms with van der Waals surface area (Å²) in [6.45, 7) is 0.762. The maximum Gasteiger partial charge on any atom is 0.317 e. The number of ether oxygens (including phenoxy) is 3. The number of fused-ring (bicyclic) bond motifs is 1. The van der Waals surface area contributed by atoms with E-state index in [1.165, 1.54) is 7.11 Å². The average molecular weight is 535 g/mol. The predicted molar refractivity (Wildman–Crippen MR) is 147 cm³/mol. The Hall–Kier alpha value is -3.81. The molecular formula is C31H38N2O6. The van der Waals surface area contributed by atoms with Crippen molar-refractivity contribution >= 4 is 17.8 Å². The third-order valence-electron chi connectivity index (χ3n) is 7.80. The van der Waals surface area contributed by atoms with Crippen LogP contribution in [0, 0.1) is 11.3 Å². The maximum absolute atomic E-state index is 13.9. The molecule has 2 aromatic carbocycles. The number of carbonyl (C=O) groups excluding carboxylic acids is 3. The van der Waals surface area contributed by atoms with Crippen LogP contribution in [0.1, 0.15) is 49.7 Å². The number of hydrogen-bond donors (Lipinski definition) is 1. The quantitative estimate of drug-likeness (QED) is 0.454. The van der Waals surface area contributed by atoms with Gasteiger partial charge in [-0.1, -0.05) is 48.9 Å². The zero-order valence-corrected chi connectivity index (χ0v) is 23.0. The van der Waals surface area contributed by atoms with Crippen molar-refractivity contribution in [2.75, 3.05) is 27.9 Å². The second kappa shape index (κ2) is 12.8. The first-order valence-electron chi connectivity index (χ1n) is 13.5. The molecule has 1 aliphatic carbocycles. The fourth-order valence-corrected chi connectivity index (χ4v) is 5.80. The van der Waals surface area contributed by atoms with Gasteiger partial charge >= 0.3 is 5.97 Å². The van der Waals surface area contributed by atoms with E-state index in [1.807, 2.05) is 54.6 Å². The van der Waals surface area contributed by atoms with Crippen LogP contribution in [0.25, 0.3) is 0 Å². The summed E-state index contributed by atoms with van der Waals surface area (Å²) in [6, 6.07) is 15.3. The van der Waals surface area contributed by atoms with E-state index in [1.54, 1.807) is 19.1 Å². The number of nitrogens with zero attached hydrogens (tertiary/aromatic N) is 1. The highest BCUT2D eigenvalue weighted by Gasteiger charge is 2.53. The minimum absolute atomic E-state index is 0.0184. The van der Waals surface area contributed by atoms with Gasteiger partial charge in [-0.25, -0.2) is 0 Å². The van der Waals surface area contributed by atoms with Gasteiger partial charge < -0.3 is 24.4 Å². The number of esters is 1. The highest BCUT2D eigenvalue weighted by Crippen LogP contribution is 2.49. The Morgan fingerprint density at radius 1 is 1.00 bits per heavy atom. The molecule has 4 rings (SSSR count). The molecule has 0 spiro atoms. The van der Waals surface area contributed by atoms with Crippen molar-refractivity contribution < 1.29 is 28.6 Å². The minimum atomic E-state index is -0.943. The molecule has 0 aromatic heterocycles. The van der Waals surface area contributed by atoms with Gasteiger partial charge in [0.05, 0.1) is 21.3 Å². The third-order valence-corrected chi connectivity index (χ3v) is 7.80. The van der Waals surface area contributed by atoms with E-state index in [2.05, 4.69) is 5.32 Å². The smallest absolute Gasteiger partial charge is 0.317 e. The van der Waals surface area contributed by atoms with Crippen LogP contribution in [0.5, 0.6) is 11.5 Å². The molecule has 8 nitrogen and oxygen atoms in total. The molecule has 0 saturated carbocycles. The Kier molecular flexibility index (Phi) is 9.28. The molecule has 0 radical (unpaired) electrons. The molecule has 2 aromatic rings. The summed E-state index contributed by atoms with van der Waals surface area (Å²) in [5.74, 6) is -0.0517. The normalized spacial score (nSPS) is 20.8. The Balaban J connectivity index is 1.58. The summed E-state index contributed by atoms with van der Waals surface area (Å²) in [7, 11) is 4.57. The molecule has 208 valence electrons. The second-order valence-corrected chi connectivity index (χ2v) is 10.2. The summed E-state index contributed by atoms with van der Waals surface area (Å²) >= 11 is 0. The number of methoxy groups -OCH3 is 3.